The van der Waals surface area contributed by atoms with Gasteiger partial charge >= 0.3 is 0 Å². The Morgan fingerprint density at radius 3 is 2.45 bits per heavy atom. The SMILES string of the molecule is Cc1cc(C(=O)c2sccc2Cl)cc(C(C)(C)C)c1O. The highest BCUT2D eigenvalue weighted by atomic mass is 35.5. The number of ketones is 1. The van der Waals surface area contributed by atoms with Gasteiger partial charge in [0.15, 0.2) is 0 Å². The maximum atomic E-state index is 12.5. The first-order chi connectivity index (χ1) is 9.21. The van der Waals surface area contributed by atoms with Gasteiger partial charge in [0.25, 0.3) is 0 Å². The van der Waals surface area contributed by atoms with E-state index < -0.39 is 0 Å². The van der Waals surface area contributed by atoms with E-state index in [0.29, 0.717) is 21.0 Å². The van der Waals surface area contributed by atoms with E-state index in [0.717, 1.165) is 5.56 Å². The zero-order chi connectivity index (χ0) is 15.1. The zero-order valence-electron chi connectivity index (χ0n) is 12.0. The molecule has 1 heterocycles. The Morgan fingerprint density at radius 1 is 1.30 bits per heavy atom. The van der Waals surface area contributed by atoms with E-state index in [9.17, 15) is 9.90 Å². The summed E-state index contributed by atoms with van der Waals surface area (Å²) in [5.41, 5.74) is 1.81. The quantitative estimate of drug-likeness (QED) is 0.797. The Hall–Kier alpha value is -1.32. The minimum Gasteiger partial charge on any atom is -0.507 e. The molecule has 0 bridgehead atoms. The van der Waals surface area contributed by atoms with Crippen molar-refractivity contribution in [1.82, 2.24) is 0 Å². The van der Waals surface area contributed by atoms with Crippen molar-refractivity contribution in [3.63, 3.8) is 0 Å². The number of rotatable bonds is 2. The minimum atomic E-state index is -0.232. The van der Waals surface area contributed by atoms with E-state index in [1.807, 2.05) is 20.8 Å². The van der Waals surface area contributed by atoms with Crippen LogP contribution in [0.1, 0.15) is 47.1 Å². The maximum absolute atomic E-state index is 12.5. The van der Waals surface area contributed by atoms with Gasteiger partial charge in [0.1, 0.15) is 5.75 Å². The van der Waals surface area contributed by atoms with Crippen molar-refractivity contribution in [2.24, 2.45) is 0 Å². The van der Waals surface area contributed by atoms with Crippen LogP contribution in [0.5, 0.6) is 5.75 Å². The fourth-order valence-corrected chi connectivity index (χ4v) is 3.17. The second-order valence-corrected chi connectivity index (χ2v) is 7.19. The molecular weight excluding hydrogens is 292 g/mol. The number of benzene rings is 1. The van der Waals surface area contributed by atoms with E-state index in [2.05, 4.69) is 0 Å². The molecule has 1 aromatic heterocycles. The molecule has 106 valence electrons. The van der Waals surface area contributed by atoms with E-state index in [1.165, 1.54) is 11.3 Å². The number of hydrogen-bond donors (Lipinski definition) is 1. The number of aromatic hydroxyl groups is 1. The first-order valence-corrected chi connectivity index (χ1v) is 7.59. The van der Waals surface area contributed by atoms with Gasteiger partial charge in [-0.15, -0.1) is 11.3 Å². The van der Waals surface area contributed by atoms with Crippen molar-refractivity contribution in [2.75, 3.05) is 0 Å². The summed E-state index contributed by atoms with van der Waals surface area (Å²) in [6.45, 7) is 7.83. The molecule has 0 spiro atoms. The molecule has 2 nitrogen and oxygen atoms in total. The fourth-order valence-electron chi connectivity index (χ4n) is 2.07. The van der Waals surface area contributed by atoms with Gasteiger partial charge in [0.2, 0.25) is 5.78 Å². The number of phenolic OH excluding ortho intramolecular Hbond substituents is 1. The van der Waals surface area contributed by atoms with Crippen molar-refractivity contribution in [1.29, 1.82) is 0 Å². The average molecular weight is 309 g/mol. The molecular formula is C16H17ClO2S. The molecule has 2 rings (SSSR count). The summed E-state index contributed by atoms with van der Waals surface area (Å²) in [5, 5.41) is 12.5. The lowest BCUT2D eigenvalue weighted by Crippen LogP contribution is -2.13. The van der Waals surface area contributed by atoms with Gasteiger partial charge in [0, 0.05) is 11.1 Å². The Bertz CT molecular complexity index is 666. The lowest BCUT2D eigenvalue weighted by atomic mass is 9.83. The monoisotopic (exact) mass is 308 g/mol. The third-order valence-corrected chi connectivity index (χ3v) is 4.53. The summed E-state index contributed by atoms with van der Waals surface area (Å²) in [5.74, 6) is 0.157. The summed E-state index contributed by atoms with van der Waals surface area (Å²) in [6.07, 6.45) is 0. The number of carbonyl (C=O) groups excluding carboxylic acids is 1. The zero-order valence-corrected chi connectivity index (χ0v) is 13.5. The molecule has 0 aliphatic rings. The van der Waals surface area contributed by atoms with Gasteiger partial charge in [-0.3, -0.25) is 4.79 Å². The highest BCUT2D eigenvalue weighted by Gasteiger charge is 2.23. The topological polar surface area (TPSA) is 37.3 Å². The Balaban J connectivity index is 2.57. The van der Waals surface area contributed by atoms with E-state index >= 15 is 0 Å². The summed E-state index contributed by atoms with van der Waals surface area (Å²) in [4.78, 5) is 13.1. The highest BCUT2D eigenvalue weighted by Crippen LogP contribution is 2.35. The number of halogens is 1. The Morgan fingerprint density at radius 2 is 1.95 bits per heavy atom. The summed E-state index contributed by atoms with van der Waals surface area (Å²) in [6, 6.07) is 5.20. The van der Waals surface area contributed by atoms with Gasteiger partial charge in [-0.25, -0.2) is 0 Å². The van der Waals surface area contributed by atoms with Gasteiger partial charge in [-0.05, 0) is 41.5 Å². The third kappa shape index (κ3) is 2.74. The van der Waals surface area contributed by atoms with Crippen LogP contribution in [0.4, 0.5) is 0 Å². The summed E-state index contributed by atoms with van der Waals surface area (Å²) in [7, 11) is 0. The van der Waals surface area contributed by atoms with Gasteiger partial charge in [-0.2, -0.15) is 0 Å². The predicted molar refractivity (Wildman–Crippen MR) is 84.3 cm³/mol. The molecule has 0 unspecified atom stereocenters. The molecule has 0 aliphatic carbocycles. The standard InChI is InChI=1S/C16H17ClO2S/c1-9-7-10(8-11(13(9)18)16(2,3)4)14(19)15-12(17)5-6-20-15/h5-8,18H,1-4H3. The van der Waals surface area contributed by atoms with E-state index in [1.54, 1.807) is 30.5 Å². The average Bonchev–Trinajstić information content (AvgIpc) is 2.76. The second-order valence-electron chi connectivity index (χ2n) is 5.87. The maximum Gasteiger partial charge on any atom is 0.204 e. The minimum absolute atomic E-state index is 0.0985. The van der Waals surface area contributed by atoms with Crippen LogP contribution >= 0.6 is 22.9 Å². The molecule has 0 fully saturated rings. The fraction of sp³-hybridized carbons (Fsp3) is 0.312. The lowest BCUT2D eigenvalue weighted by molar-refractivity contribution is 0.104. The van der Waals surface area contributed by atoms with Crippen molar-refractivity contribution in [3.8, 4) is 5.75 Å². The molecule has 1 aromatic carbocycles. The number of thiophene rings is 1. The molecule has 1 N–H and O–H groups in total. The molecule has 0 amide bonds. The molecule has 0 atom stereocenters. The first-order valence-electron chi connectivity index (χ1n) is 6.33. The van der Waals surface area contributed by atoms with Gasteiger partial charge < -0.3 is 5.11 Å². The second kappa shape index (κ2) is 5.23. The van der Waals surface area contributed by atoms with Crippen molar-refractivity contribution < 1.29 is 9.90 Å². The van der Waals surface area contributed by atoms with Crippen LogP contribution in [-0.4, -0.2) is 10.9 Å². The van der Waals surface area contributed by atoms with Crippen molar-refractivity contribution in [2.45, 2.75) is 33.1 Å². The van der Waals surface area contributed by atoms with Gasteiger partial charge in [0.05, 0.1) is 9.90 Å². The normalized spacial score (nSPS) is 11.7. The number of hydrogen-bond acceptors (Lipinski definition) is 3. The van der Waals surface area contributed by atoms with E-state index in [4.69, 9.17) is 11.6 Å². The van der Waals surface area contributed by atoms with Crippen LogP contribution in [0.3, 0.4) is 0 Å². The van der Waals surface area contributed by atoms with Crippen molar-refractivity contribution in [3.05, 3.63) is 50.2 Å². The largest absolute Gasteiger partial charge is 0.507 e. The number of phenols is 1. The van der Waals surface area contributed by atoms with Crippen LogP contribution in [0, 0.1) is 6.92 Å². The molecule has 0 aliphatic heterocycles. The van der Waals surface area contributed by atoms with E-state index in [-0.39, 0.29) is 16.9 Å². The Labute approximate surface area is 128 Å². The molecule has 20 heavy (non-hydrogen) atoms. The van der Waals surface area contributed by atoms with Crippen LogP contribution in [0.15, 0.2) is 23.6 Å². The van der Waals surface area contributed by atoms with Crippen LogP contribution in [0.25, 0.3) is 0 Å². The number of carbonyl (C=O) groups is 1. The molecule has 4 heteroatoms. The number of aryl methyl sites for hydroxylation is 1. The first kappa shape index (κ1) is 15.1. The molecule has 0 saturated heterocycles. The van der Waals surface area contributed by atoms with Gasteiger partial charge in [-0.1, -0.05) is 32.4 Å². The summed E-state index contributed by atoms with van der Waals surface area (Å²) >= 11 is 7.36. The smallest absolute Gasteiger partial charge is 0.204 e. The summed E-state index contributed by atoms with van der Waals surface area (Å²) < 4.78 is 0. The van der Waals surface area contributed by atoms with Crippen molar-refractivity contribution >= 4 is 28.7 Å². The Kier molecular flexibility index (Phi) is 3.94. The lowest BCUT2D eigenvalue weighted by Gasteiger charge is -2.22. The predicted octanol–water partition coefficient (Wildman–Crippen LogP) is 4.94. The molecule has 2 aromatic rings. The highest BCUT2D eigenvalue weighted by molar-refractivity contribution is 7.13. The van der Waals surface area contributed by atoms with Crippen LogP contribution in [-0.2, 0) is 5.41 Å². The van der Waals surface area contributed by atoms with Crippen LogP contribution < -0.4 is 0 Å². The van der Waals surface area contributed by atoms with Crippen LogP contribution in [0.2, 0.25) is 5.02 Å². The molecule has 0 radical (unpaired) electrons. The third-order valence-electron chi connectivity index (χ3n) is 3.19. The molecule has 0 saturated carbocycles.